The highest BCUT2D eigenvalue weighted by atomic mass is 19.4. The normalized spacial score (nSPS) is 11.2. The number of fused-ring (bicyclic) bond motifs is 1. The molecule has 0 aliphatic heterocycles. The number of ether oxygens (including phenoxy) is 2. The average Bonchev–Trinajstić information content (AvgIpc) is 3.03. The number of hydrogen-bond donors (Lipinski definition) is 2. The zero-order valence-corrected chi connectivity index (χ0v) is 14.4. The molecule has 1 amide bonds. The largest absolute Gasteiger partial charge is 0.573 e. The van der Waals surface area contributed by atoms with Gasteiger partial charge in [0.15, 0.2) is 6.61 Å². The molecule has 2 N–H and O–H groups in total. The van der Waals surface area contributed by atoms with Gasteiger partial charge in [-0.05, 0) is 35.9 Å². The second-order valence-electron chi connectivity index (χ2n) is 5.82. The lowest BCUT2D eigenvalue weighted by molar-refractivity contribution is -0.274. The predicted molar refractivity (Wildman–Crippen MR) is 94.7 cm³/mol. The van der Waals surface area contributed by atoms with Gasteiger partial charge in [-0.2, -0.15) is 0 Å². The minimum Gasteiger partial charge on any atom is -0.455 e. The Balaban J connectivity index is 1.48. The van der Waals surface area contributed by atoms with Gasteiger partial charge in [0.05, 0.1) is 6.42 Å². The van der Waals surface area contributed by atoms with E-state index in [0.29, 0.717) is 0 Å². The van der Waals surface area contributed by atoms with Crippen LogP contribution in [0.4, 0.5) is 18.9 Å². The van der Waals surface area contributed by atoms with E-state index in [9.17, 15) is 22.8 Å². The summed E-state index contributed by atoms with van der Waals surface area (Å²) in [4.78, 5) is 26.8. The van der Waals surface area contributed by atoms with Crippen molar-refractivity contribution in [2.24, 2.45) is 0 Å². The van der Waals surface area contributed by atoms with Gasteiger partial charge >= 0.3 is 12.3 Å². The Kier molecular flexibility index (Phi) is 5.53. The summed E-state index contributed by atoms with van der Waals surface area (Å²) in [5, 5.41) is 3.31. The topological polar surface area (TPSA) is 80.4 Å². The summed E-state index contributed by atoms with van der Waals surface area (Å²) in [7, 11) is 0. The molecule has 6 nitrogen and oxygen atoms in total. The summed E-state index contributed by atoms with van der Waals surface area (Å²) in [6, 6.07) is 12.1. The molecule has 9 heteroatoms. The fraction of sp³-hybridized carbons (Fsp3) is 0.158. The summed E-state index contributed by atoms with van der Waals surface area (Å²) in [6.45, 7) is -0.512. The van der Waals surface area contributed by atoms with Crippen molar-refractivity contribution in [1.82, 2.24) is 4.98 Å². The zero-order chi connectivity index (χ0) is 20.1. The highest BCUT2D eigenvalue weighted by Gasteiger charge is 2.30. The Morgan fingerprint density at radius 1 is 1.04 bits per heavy atom. The first-order valence-corrected chi connectivity index (χ1v) is 8.16. The van der Waals surface area contributed by atoms with E-state index in [1.54, 1.807) is 6.20 Å². The lowest BCUT2D eigenvalue weighted by atomic mass is 10.1. The van der Waals surface area contributed by atoms with Crippen LogP contribution in [0.5, 0.6) is 5.75 Å². The molecule has 28 heavy (non-hydrogen) atoms. The van der Waals surface area contributed by atoms with Gasteiger partial charge in [0.1, 0.15) is 5.75 Å². The lowest BCUT2D eigenvalue weighted by Crippen LogP contribution is -2.21. The van der Waals surface area contributed by atoms with Gasteiger partial charge in [0.2, 0.25) is 0 Å². The molecular weight excluding hydrogens is 377 g/mol. The van der Waals surface area contributed by atoms with Gasteiger partial charge in [-0.25, -0.2) is 0 Å². The number of para-hydroxylation sites is 1. The maximum atomic E-state index is 12.1. The van der Waals surface area contributed by atoms with Crippen LogP contribution in [0.1, 0.15) is 5.56 Å². The van der Waals surface area contributed by atoms with E-state index in [4.69, 9.17) is 4.74 Å². The van der Waals surface area contributed by atoms with Crippen LogP contribution in [0.2, 0.25) is 0 Å². The van der Waals surface area contributed by atoms with Crippen molar-refractivity contribution < 1.29 is 32.2 Å². The average molecular weight is 392 g/mol. The van der Waals surface area contributed by atoms with Gasteiger partial charge in [-0.3, -0.25) is 9.59 Å². The van der Waals surface area contributed by atoms with E-state index < -0.39 is 30.6 Å². The van der Waals surface area contributed by atoms with Crippen LogP contribution < -0.4 is 10.1 Å². The van der Waals surface area contributed by atoms with Gasteiger partial charge in [-0.1, -0.05) is 18.2 Å². The number of carbonyl (C=O) groups is 2. The number of carbonyl (C=O) groups excluding carboxylic acids is 2. The van der Waals surface area contributed by atoms with E-state index in [1.807, 2.05) is 24.3 Å². The molecule has 2 aromatic carbocycles. The first kappa shape index (κ1) is 19.3. The van der Waals surface area contributed by atoms with E-state index in [-0.39, 0.29) is 12.1 Å². The Morgan fingerprint density at radius 3 is 2.46 bits per heavy atom. The maximum Gasteiger partial charge on any atom is 0.573 e. The molecular formula is C19H15F3N2O4. The van der Waals surface area contributed by atoms with Crippen molar-refractivity contribution in [2.75, 3.05) is 11.9 Å². The minimum atomic E-state index is -4.79. The summed E-state index contributed by atoms with van der Waals surface area (Å²) in [5.74, 6) is -1.60. The molecule has 146 valence electrons. The van der Waals surface area contributed by atoms with Crippen molar-refractivity contribution >= 4 is 28.5 Å². The molecule has 0 spiro atoms. The first-order chi connectivity index (χ1) is 13.3. The summed E-state index contributed by atoms with van der Waals surface area (Å²) >= 11 is 0. The van der Waals surface area contributed by atoms with Gasteiger partial charge in [0, 0.05) is 22.8 Å². The zero-order valence-electron chi connectivity index (χ0n) is 14.4. The number of aromatic nitrogens is 1. The Labute approximate surface area is 157 Å². The van der Waals surface area contributed by atoms with Gasteiger partial charge in [0.25, 0.3) is 5.91 Å². The molecule has 0 bridgehead atoms. The number of aromatic amines is 1. The third kappa shape index (κ3) is 5.26. The lowest BCUT2D eigenvalue weighted by Gasteiger charge is -2.10. The van der Waals surface area contributed by atoms with Crippen molar-refractivity contribution in [1.29, 1.82) is 0 Å². The van der Waals surface area contributed by atoms with Crippen LogP contribution in [0.3, 0.4) is 0 Å². The van der Waals surface area contributed by atoms with E-state index in [1.165, 1.54) is 12.1 Å². The van der Waals surface area contributed by atoms with Crippen LogP contribution in [-0.4, -0.2) is 29.8 Å². The molecule has 0 atom stereocenters. The maximum absolute atomic E-state index is 12.1. The number of anilines is 1. The number of amides is 1. The molecule has 0 radical (unpaired) electrons. The molecule has 0 unspecified atom stereocenters. The van der Waals surface area contributed by atoms with Crippen LogP contribution in [0.25, 0.3) is 10.9 Å². The fourth-order valence-corrected chi connectivity index (χ4v) is 2.57. The van der Waals surface area contributed by atoms with Gasteiger partial charge < -0.3 is 19.8 Å². The summed E-state index contributed by atoms with van der Waals surface area (Å²) in [6.07, 6.45) is -3.08. The number of H-pyrrole nitrogens is 1. The van der Waals surface area contributed by atoms with E-state index in [2.05, 4.69) is 15.0 Å². The number of nitrogens with one attached hydrogen (secondary N) is 2. The van der Waals surface area contributed by atoms with Crippen molar-refractivity contribution in [3.05, 3.63) is 60.3 Å². The van der Waals surface area contributed by atoms with Crippen LogP contribution in [0, 0.1) is 0 Å². The number of halogens is 3. The second kappa shape index (κ2) is 8.03. The summed E-state index contributed by atoms with van der Waals surface area (Å²) in [5.41, 5.74) is 1.88. The Hall–Kier alpha value is -3.49. The molecule has 1 heterocycles. The van der Waals surface area contributed by atoms with Crippen LogP contribution >= 0.6 is 0 Å². The molecule has 3 rings (SSSR count). The first-order valence-electron chi connectivity index (χ1n) is 8.16. The molecule has 3 aromatic rings. The van der Waals surface area contributed by atoms with Crippen molar-refractivity contribution in [3.63, 3.8) is 0 Å². The molecule has 0 saturated carbocycles. The molecule has 0 saturated heterocycles. The predicted octanol–water partition coefficient (Wildman–Crippen LogP) is 3.79. The third-order valence-corrected chi connectivity index (χ3v) is 3.75. The molecule has 0 aliphatic carbocycles. The van der Waals surface area contributed by atoms with Crippen molar-refractivity contribution in [2.45, 2.75) is 12.8 Å². The number of benzene rings is 2. The highest BCUT2D eigenvalue weighted by Crippen LogP contribution is 2.24. The van der Waals surface area contributed by atoms with E-state index in [0.717, 1.165) is 28.6 Å². The number of esters is 1. The molecule has 0 aliphatic rings. The fourth-order valence-electron chi connectivity index (χ4n) is 2.57. The number of hydrogen-bond acceptors (Lipinski definition) is 4. The minimum absolute atomic E-state index is 0.000765. The number of alkyl halides is 3. The van der Waals surface area contributed by atoms with Crippen LogP contribution in [-0.2, 0) is 20.7 Å². The summed E-state index contributed by atoms with van der Waals surface area (Å²) < 4.78 is 45.0. The quantitative estimate of drug-likeness (QED) is 0.626. The Bertz CT molecular complexity index is 981. The monoisotopic (exact) mass is 392 g/mol. The number of rotatable bonds is 6. The highest BCUT2D eigenvalue weighted by molar-refractivity contribution is 5.93. The Morgan fingerprint density at radius 2 is 1.75 bits per heavy atom. The van der Waals surface area contributed by atoms with Crippen molar-refractivity contribution in [3.8, 4) is 5.75 Å². The second-order valence-corrected chi connectivity index (χ2v) is 5.82. The van der Waals surface area contributed by atoms with Crippen LogP contribution in [0.15, 0.2) is 54.7 Å². The standard InChI is InChI=1S/C19H15F3N2O4/c20-19(21,22)28-14-7-5-13(6-8-14)24-17(25)11-27-18(26)9-12-10-23-16-4-2-1-3-15(12)16/h1-8,10,23H,9,11H2,(H,24,25). The smallest absolute Gasteiger partial charge is 0.455 e. The van der Waals surface area contributed by atoms with E-state index >= 15 is 0 Å². The molecule has 1 aromatic heterocycles. The SMILES string of the molecule is O=C(COC(=O)Cc1c[nH]c2ccccc12)Nc1ccc(OC(F)(F)F)cc1. The molecule has 0 fully saturated rings. The van der Waals surface area contributed by atoms with Gasteiger partial charge in [-0.15, -0.1) is 13.2 Å². The third-order valence-electron chi connectivity index (χ3n) is 3.75.